The van der Waals surface area contributed by atoms with Crippen molar-refractivity contribution in [1.29, 1.82) is 0 Å². The fourth-order valence-electron chi connectivity index (χ4n) is 3.64. The van der Waals surface area contributed by atoms with Crippen LogP contribution in [0, 0.1) is 6.92 Å². The van der Waals surface area contributed by atoms with Crippen molar-refractivity contribution in [1.82, 2.24) is 14.9 Å². The van der Waals surface area contributed by atoms with E-state index in [1.165, 1.54) is 44.9 Å². The van der Waals surface area contributed by atoms with Gasteiger partial charge in [-0.05, 0) is 39.0 Å². The monoisotopic (exact) mass is 316 g/mol. The molecule has 3 rings (SSSR count). The van der Waals surface area contributed by atoms with Gasteiger partial charge in [0, 0.05) is 25.2 Å². The number of hydrogen-bond acceptors (Lipinski definition) is 4. The first-order valence-electron chi connectivity index (χ1n) is 9.14. The summed E-state index contributed by atoms with van der Waals surface area (Å²) in [7, 11) is 0. The maximum atomic E-state index is 12.7. The standard InChI is InChI=1S/C18H28N4O/c1-14-19-16(18(23)22-11-7-4-8-12-22)13-17(20-14)21-15-9-5-2-3-6-10-15/h13,15H,2-12H2,1H3,(H,19,20,21). The molecule has 1 aliphatic carbocycles. The van der Waals surface area contributed by atoms with Crippen LogP contribution in [0.15, 0.2) is 6.07 Å². The van der Waals surface area contributed by atoms with Gasteiger partial charge in [0.05, 0.1) is 0 Å². The molecule has 0 atom stereocenters. The zero-order valence-electron chi connectivity index (χ0n) is 14.2. The van der Waals surface area contributed by atoms with Crippen LogP contribution in [0.2, 0.25) is 0 Å². The third-order valence-electron chi connectivity index (χ3n) is 4.91. The average molecular weight is 316 g/mol. The second-order valence-corrected chi connectivity index (χ2v) is 6.87. The van der Waals surface area contributed by atoms with E-state index in [0.29, 0.717) is 17.6 Å². The van der Waals surface area contributed by atoms with Gasteiger partial charge in [0.1, 0.15) is 17.3 Å². The van der Waals surface area contributed by atoms with Gasteiger partial charge in [-0.1, -0.05) is 25.7 Å². The lowest BCUT2D eigenvalue weighted by Crippen LogP contribution is -2.36. The quantitative estimate of drug-likeness (QED) is 0.867. The van der Waals surface area contributed by atoms with Crippen molar-refractivity contribution in [3.63, 3.8) is 0 Å². The van der Waals surface area contributed by atoms with Gasteiger partial charge in [-0.15, -0.1) is 0 Å². The molecule has 1 aromatic heterocycles. The van der Waals surface area contributed by atoms with Gasteiger partial charge in [0.15, 0.2) is 0 Å². The Hall–Kier alpha value is -1.65. The first kappa shape index (κ1) is 16.2. The average Bonchev–Trinajstić information content (AvgIpc) is 2.83. The highest BCUT2D eigenvalue weighted by molar-refractivity contribution is 5.93. The van der Waals surface area contributed by atoms with Crippen molar-refractivity contribution >= 4 is 11.7 Å². The number of amides is 1. The lowest BCUT2D eigenvalue weighted by atomic mass is 10.1. The van der Waals surface area contributed by atoms with Crippen LogP contribution in [0.3, 0.4) is 0 Å². The molecule has 0 bridgehead atoms. The van der Waals surface area contributed by atoms with Gasteiger partial charge in [-0.2, -0.15) is 0 Å². The van der Waals surface area contributed by atoms with Gasteiger partial charge in [-0.3, -0.25) is 4.79 Å². The zero-order valence-corrected chi connectivity index (χ0v) is 14.2. The van der Waals surface area contributed by atoms with Crippen molar-refractivity contribution in [2.24, 2.45) is 0 Å². The Morgan fingerprint density at radius 3 is 2.39 bits per heavy atom. The Balaban J connectivity index is 1.71. The molecule has 2 heterocycles. The highest BCUT2D eigenvalue weighted by atomic mass is 16.2. The van der Waals surface area contributed by atoms with E-state index in [9.17, 15) is 4.79 Å². The van der Waals surface area contributed by atoms with Crippen LogP contribution in [0.25, 0.3) is 0 Å². The molecule has 1 saturated carbocycles. The van der Waals surface area contributed by atoms with Crippen LogP contribution in [0.5, 0.6) is 0 Å². The molecule has 5 nitrogen and oxygen atoms in total. The number of piperidine rings is 1. The topological polar surface area (TPSA) is 58.1 Å². The van der Waals surface area contributed by atoms with Crippen LogP contribution in [0.4, 0.5) is 5.82 Å². The summed E-state index contributed by atoms with van der Waals surface area (Å²) in [6.45, 7) is 3.58. The molecule has 1 saturated heterocycles. The fourth-order valence-corrected chi connectivity index (χ4v) is 3.64. The van der Waals surface area contributed by atoms with Crippen molar-refractivity contribution < 1.29 is 4.79 Å². The van der Waals surface area contributed by atoms with Crippen molar-refractivity contribution in [3.8, 4) is 0 Å². The smallest absolute Gasteiger partial charge is 0.272 e. The van der Waals surface area contributed by atoms with E-state index in [-0.39, 0.29) is 5.91 Å². The molecule has 0 unspecified atom stereocenters. The van der Waals surface area contributed by atoms with Gasteiger partial charge < -0.3 is 10.2 Å². The Morgan fingerprint density at radius 1 is 1.04 bits per heavy atom. The molecule has 1 amide bonds. The normalized spacial score (nSPS) is 20.1. The predicted octanol–water partition coefficient (Wildman–Crippen LogP) is 3.55. The number of likely N-dealkylation sites (tertiary alicyclic amines) is 1. The maximum absolute atomic E-state index is 12.7. The van der Waals surface area contributed by atoms with Gasteiger partial charge >= 0.3 is 0 Å². The van der Waals surface area contributed by atoms with Gasteiger partial charge in [0.2, 0.25) is 0 Å². The summed E-state index contributed by atoms with van der Waals surface area (Å²) in [4.78, 5) is 23.5. The summed E-state index contributed by atoms with van der Waals surface area (Å²) in [5.74, 6) is 1.54. The SMILES string of the molecule is Cc1nc(NC2CCCCCC2)cc(C(=O)N2CCCCC2)n1. The number of anilines is 1. The third-order valence-corrected chi connectivity index (χ3v) is 4.91. The Morgan fingerprint density at radius 2 is 1.70 bits per heavy atom. The zero-order chi connectivity index (χ0) is 16.1. The highest BCUT2D eigenvalue weighted by Crippen LogP contribution is 2.21. The second kappa shape index (κ2) is 7.75. The van der Waals surface area contributed by atoms with E-state index in [2.05, 4.69) is 15.3 Å². The number of aromatic nitrogens is 2. The number of rotatable bonds is 3. The van der Waals surface area contributed by atoms with E-state index in [1.807, 2.05) is 17.9 Å². The minimum atomic E-state index is 0.0547. The Bertz CT molecular complexity index is 532. The van der Waals surface area contributed by atoms with Gasteiger partial charge in [-0.25, -0.2) is 9.97 Å². The molecule has 0 radical (unpaired) electrons. The van der Waals surface area contributed by atoms with Crippen molar-refractivity contribution in [3.05, 3.63) is 17.6 Å². The summed E-state index contributed by atoms with van der Waals surface area (Å²) in [6.07, 6.45) is 11.0. The van der Waals surface area contributed by atoms with Crippen molar-refractivity contribution in [2.75, 3.05) is 18.4 Å². The second-order valence-electron chi connectivity index (χ2n) is 6.87. The molecule has 1 aromatic rings. The highest BCUT2D eigenvalue weighted by Gasteiger charge is 2.21. The van der Waals surface area contributed by atoms with Crippen molar-refractivity contribution in [2.45, 2.75) is 70.8 Å². The largest absolute Gasteiger partial charge is 0.367 e. The van der Waals surface area contributed by atoms with Crippen LogP contribution < -0.4 is 5.32 Å². The summed E-state index contributed by atoms with van der Waals surface area (Å²) >= 11 is 0. The summed E-state index contributed by atoms with van der Waals surface area (Å²) in [5, 5.41) is 3.54. The van der Waals surface area contributed by atoms with E-state index in [4.69, 9.17) is 0 Å². The lowest BCUT2D eigenvalue weighted by molar-refractivity contribution is 0.0718. The minimum Gasteiger partial charge on any atom is -0.367 e. The minimum absolute atomic E-state index is 0.0547. The molecule has 2 fully saturated rings. The van der Waals surface area contributed by atoms with Crippen LogP contribution >= 0.6 is 0 Å². The molecular weight excluding hydrogens is 288 g/mol. The Kier molecular flexibility index (Phi) is 5.47. The number of nitrogens with zero attached hydrogens (tertiary/aromatic N) is 3. The molecule has 2 aliphatic rings. The predicted molar refractivity (Wildman–Crippen MR) is 91.6 cm³/mol. The molecule has 1 aliphatic heterocycles. The number of nitrogens with one attached hydrogen (secondary N) is 1. The number of carbonyl (C=O) groups is 1. The van der Waals surface area contributed by atoms with E-state index < -0.39 is 0 Å². The first-order chi connectivity index (χ1) is 11.2. The summed E-state index contributed by atoms with van der Waals surface area (Å²) in [5.41, 5.74) is 0.538. The lowest BCUT2D eigenvalue weighted by Gasteiger charge is -2.26. The molecule has 23 heavy (non-hydrogen) atoms. The molecule has 1 N–H and O–H groups in total. The number of aryl methyl sites for hydroxylation is 1. The molecule has 0 aromatic carbocycles. The number of hydrogen-bond donors (Lipinski definition) is 1. The van der Waals surface area contributed by atoms with E-state index in [0.717, 1.165) is 31.7 Å². The summed E-state index contributed by atoms with van der Waals surface area (Å²) < 4.78 is 0. The fraction of sp³-hybridized carbons (Fsp3) is 0.722. The maximum Gasteiger partial charge on any atom is 0.272 e. The van der Waals surface area contributed by atoms with Crippen LogP contribution in [-0.4, -0.2) is 39.9 Å². The Labute approximate surface area is 138 Å². The first-order valence-corrected chi connectivity index (χ1v) is 9.14. The van der Waals surface area contributed by atoms with Gasteiger partial charge in [0.25, 0.3) is 5.91 Å². The molecule has 5 heteroatoms. The van der Waals surface area contributed by atoms with E-state index >= 15 is 0 Å². The van der Waals surface area contributed by atoms with Crippen LogP contribution in [-0.2, 0) is 0 Å². The van der Waals surface area contributed by atoms with Crippen LogP contribution in [0.1, 0.15) is 74.1 Å². The summed E-state index contributed by atoms with van der Waals surface area (Å²) in [6, 6.07) is 2.32. The molecule has 126 valence electrons. The molecule has 0 spiro atoms. The molecular formula is C18H28N4O. The number of carbonyl (C=O) groups excluding carboxylic acids is 1. The third kappa shape index (κ3) is 4.43. The van der Waals surface area contributed by atoms with E-state index in [1.54, 1.807) is 0 Å².